The number of hydrogen-bond acceptors (Lipinski definition) is 4. The summed E-state index contributed by atoms with van der Waals surface area (Å²) >= 11 is 0. The van der Waals surface area contributed by atoms with Crippen LogP contribution >= 0.6 is 0 Å². The molecule has 6 aliphatic rings. The van der Waals surface area contributed by atoms with Crippen LogP contribution in [0.4, 0.5) is 5.69 Å². The summed E-state index contributed by atoms with van der Waals surface area (Å²) in [5, 5.41) is 2.96. The lowest BCUT2D eigenvalue weighted by atomic mass is 9.49. The molecule has 2 saturated heterocycles. The monoisotopic (exact) mass is 506 g/mol. The highest BCUT2D eigenvalue weighted by molar-refractivity contribution is 5.96. The van der Waals surface area contributed by atoms with Crippen LogP contribution in [0.15, 0.2) is 30.3 Å². The molecule has 2 aliphatic heterocycles. The predicted molar refractivity (Wildman–Crippen MR) is 142 cm³/mol. The number of amides is 3. The van der Waals surface area contributed by atoms with E-state index in [4.69, 9.17) is 0 Å². The minimum Gasteiger partial charge on any atom is -0.354 e. The van der Waals surface area contributed by atoms with Crippen LogP contribution in [0.2, 0.25) is 0 Å². The van der Waals surface area contributed by atoms with Crippen molar-refractivity contribution in [2.75, 3.05) is 37.7 Å². The summed E-state index contributed by atoms with van der Waals surface area (Å²) < 4.78 is 0. The standard InChI is InChI=1S/C30H42N4O3/c1-21(2)18-31-26(35)19-33-20-34(25-6-4-3-5-7-25)30(28(33)37)8-10-32(11-9-30)27(36)29-15-22-12-23(16-29)14-24(13-22)17-29/h3-7,21-24H,8-20H2,1-2H3,(H,31,35). The molecule has 7 heteroatoms. The molecule has 7 rings (SSSR count). The van der Waals surface area contributed by atoms with Gasteiger partial charge in [-0.25, -0.2) is 0 Å². The SMILES string of the molecule is CC(C)CNC(=O)CN1CN(c2ccccc2)C2(CCN(C(=O)C34CC5CC(CC(C5)C3)C4)CC2)C1=O. The van der Waals surface area contributed by atoms with Crippen molar-refractivity contribution in [3.63, 3.8) is 0 Å². The Balaban J connectivity index is 1.19. The zero-order chi connectivity index (χ0) is 25.8. The summed E-state index contributed by atoms with van der Waals surface area (Å²) in [7, 11) is 0. The predicted octanol–water partition coefficient (Wildman–Crippen LogP) is 3.64. The van der Waals surface area contributed by atoms with E-state index in [2.05, 4.69) is 29.0 Å². The maximum absolute atomic E-state index is 14.0. The second-order valence-electron chi connectivity index (χ2n) is 13.1. The normalized spacial score (nSPS) is 32.0. The van der Waals surface area contributed by atoms with Crippen molar-refractivity contribution < 1.29 is 14.4 Å². The van der Waals surface area contributed by atoms with E-state index in [9.17, 15) is 14.4 Å². The van der Waals surface area contributed by atoms with Crippen molar-refractivity contribution >= 4 is 23.4 Å². The number of anilines is 1. The fraction of sp³-hybridized carbons (Fsp3) is 0.700. The number of benzene rings is 1. The number of piperidine rings is 1. The van der Waals surface area contributed by atoms with E-state index in [1.54, 1.807) is 4.90 Å². The van der Waals surface area contributed by atoms with Crippen LogP contribution < -0.4 is 10.2 Å². The fourth-order valence-electron chi connectivity index (χ4n) is 8.66. The zero-order valence-electron chi connectivity index (χ0n) is 22.5. The second kappa shape index (κ2) is 9.32. The number of para-hydroxylation sites is 1. The van der Waals surface area contributed by atoms with Crippen molar-refractivity contribution in [3.05, 3.63) is 30.3 Å². The number of rotatable bonds is 6. The summed E-state index contributed by atoms with van der Waals surface area (Å²) in [6, 6.07) is 10.1. The van der Waals surface area contributed by atoms with Gasteiger partial charge in [0.05, 0.1) is 12.1 Å². The average molecular weight is 507 g/mol. The van der Waals surface area contributed by atoms with E-state index in [1.165, 1.54) is 19.3 Å². The molecule has 4 bridgehead atoms. The van der Waals surface area contributed by atoms with E-state index < -0.39 is 5.54 Å². The van der Waals surface area contributed by atoms with Gasteiger partial charge in [-0.15, -0.1) is 0 Å². The highest BCUT2D eigenvalue weighted by atomic mass is 16.2. The Morgan fingerprint density at radius 2 is 1.57 bits per heavy atom. The third-order valence-electron chi connectivity index (χ3n) is 9.99. The van der Waals surface area contributed by atoms with Gasteiger partial charge in [0.2, 0.25) is 11.8 Å². The van der Waals surface area contributed by atoms with Gasteiger partial charge in [-0.05, 0) is 87.2 Å². The highest BCUT2D eigenvalue weighted by Gasteiger charge is 2.58. The van der Waals surface area contributed by atoms with Gasteiger partial charge < -0.3 is 20.0 Å². The molecule has 0 aromatic heterocycles. The number of likely N-dealkylation sites (tertiary alicyclic amines) is 1. The summed E-state index contributed by atoms with van der Waals surface area (Å²) in [6.45, 7) is 6.44. The molecule has 6 fully saturated rings. The molecule has 4 aliphatic carbocycles. The van der Waals surface area contributed by atoms with Gasteiger partial charge in [-0.3, -0.25) is 14.4 Å². The quantitative estimate of drug-likeness (QED) is 0.639. The Bertz CT molecular complexity index is 1010. The van der Waals surface area contributed by atoms with Gasteiger partial charge in [0.1, 0.15) is 12.1 Å². The molecule has 4 saturated carbocycles. The maximum atomic E-state index is 14.0. The summed E-state index contributed by atoms with van der Waals surface area (Å²) in [4.78, 5) is 46.6. The molecule has 0 atom stereocenters. The molecule has 0 radical (unpaired) electrons. The topological polar surface area (TPSA) is 73.0 Å². The van der Waals surface area contributed by atoms with Crippen LogP contribution in [0.1, 0.15) is 65.2 Å². The lowest BCUT2D eigenvalue weighted by Gasteiger charge is -2.57. The van der Waals surface area contributed by atoms with Crippen LogP contribution in [-0.2, 0) is 14.4 Å². The van der Waals surface area contributed by atoms with E-state index >= 15 is 0 Å². The molecule has 3 amide bonds. The van der Waals surface area contributed by atoms with Crippen LogP contribution in [0.25, 0.3) is 0 Å². The van der Waals surface area contributed by atoms with Gasteiger partial charge in [0.25, 0.3) is 5.91 Å². The number of carbonyl (C=O) groups is 3. The van der Waals surface area contributed by atoms with E-state index in [0.717, 1.165) is 42.7 Å². The molecule has 1 aromatic rings. The largest absolute Gasteiger partial charge is 0.354 e. The van der Waals surface area contributed by atoms with Crippen molar-refractivity contribution in [2.45, 2.75) is 70.8 Å². The third-order valence-corrected chi connectivity index (χ3v) is 9.99. The maximum Gasteiger partial charge on any atom is 0.250 e. The Hall–Kier alpha value is -2.57. The van der Waals surface area contributed by atoms with E-state index in [0.29, 0.717) is 51.0 Å². The molecular formula is C30H42N4O3. The van der Waals surface area contributed by atoms with E-state index in [-0.39, 0.29) is 23.8 Å². The Labute approximate surface area is 220 Å². The fourth-order valence-corrected chi connectivity index (χ4v) is 8.66. The van der Waals surface area contributed by atoms with Crippen LogP contribution in [-0.4, -0.2) is 65.9 Å². The molecule has 1 N–H and O–H groups in total. The van der Waals surface area contributed by atoms with Crippen molar-refractivity contribution in [1.29, 1.82) is 0 Å². The first-order valence-electron chi connectivity index (χ1n) is 14.5. The molecule has 7 nitrogen and oxygen atoms in total. The first kappa shape index (κ1) is 24.7. The van der Waals surface area contributed by atoms with Crippen molar-refractivity contribution in [3.8, 4) is 0 Å². The van der Waals surface area contributed by atoms with Crippen molar-refractivity contribution in [1.82, 2.24) is 15.1 Å². The number of carbonyl (C=O) groups excluding carboxylic acids is 3. The smallest absolute Gasteiger partial charge is 0.250 e. The average Bonchev–Trinajstić information content (AvgIpc) is 3.13. The minimum atomic E-state index is -0.696. The van der Waals surface area contributed by atoms with E-state index in [1.807, 2.05) is 30.3 Å². The van der Waals surface area contributed by atoms with Gasteiger partial charge in [-0.1, -0.05) is 32.0 Å². The first-order chi connectivity index (χ1) is 17.8. The van der Waals surface area contributed by atoms with Gasteiger partial charge in [-0.2, -0.15) is 0 Å². The van der Waals surface area contributed by atoms with Crippen LogP contribution in [0, 0.1) is 29.1 Å². The minimum absolute atomic E-state index is 0.0259. The number of nitrogens with zero attached hydrogens (tertiary/aromatic N) is 3. The molecule has 200 valence electrons. The van der Waals surface area contributed by atoms with Gasteiger partial charge >= 0.3 is 0 Å². The number of hydrogen-bond donors (Lipinski definition) is 1. The molecule has 0 unspecified atom stereocenters. The zero-order valence-corrected chi connectivity index (χ0v) is 22.5. The summed E-state index contributed by atoms with van der Waals surface area (Å²) in [5.41, 5.74) is 0.165. The van der Waals surface area contributed by atoms with Gasteiger partial charge in [0, 0.05) is 25.3 Å². The number of nitrogens with one attached hydrogen (secondary N) is 1. The Morgan fingerprint density at radius 1 is 0.973 bits per heavy atom. The van der Waals surface area contributed by atoms with Gasteiger partial charge in [0.15, 0.2) is 0 Å². The lowest BCUT2D eigenvalue weighted by molar-refractivity contribution is -0.160. The highest BCUT2D eigenvalue weighted by Crippen LogP contribution is 2.60. The Kier molecular flexibility index (Phi) is 6.23. The second-order valence-corrected chi connectivity index (χ2v) is 13.1. The van der Waals surface area contributed by atoms with Crippen LogP contribution in [0.5, 0.6) is 0 Å². The third kappa shape index (κ3) is 4.32. The molecule has 1 spiro atoms. The van der Waals surface area contributed by atoms with Crippen LogP contribution in [0.3, 0.4) is 0 Å². The molecule has 2 heterocycles. The molecule has 37 heavy (non-hydrogen) atoms. The molecular weight excluding hydrogens is 464 g/mol. The first-order valence-corrected chi connectivity index (χ1v) is 14.5. The summed E-state index contributed by atoms with van der Waals surface area (Å²) in [5.74, 6) is 2.87. The summed E-state index contributed by atoms with van der Waals surface area (Å²) in [6.07, 6.45) is 8.45. The van der Waals surface area contributed by atoms with Crippen molar-refractivity contribution in [2.24, 2.45) is 29.1 Å². The molecule has 1 aromatic carbocycles. The lowest BCUT2D eigenvalue weighted by Crippen LogP contribution is -2.61. The Morgan fingerprint density at radius 3 is 2.14 bits per heavy atom.